The average Bonchev–Trinajstić information content (AvgIpc) is 2.65. The second-order valence-corrected chi connectivity index (χ2v) is 6.47. The molecule has 1 heterocycles. The quantitative estimate of drug-likeness (QED) is 0.551. The molecule has 0 saturated carbocycles. The van der Waals surface area contributed by atoms with E-state index in [0.717, 1.165) is 19.3 Å². The highest BCUT2D eigenvalue weighted by Gasteiger charge is 2.39. The number of nitrogens with one attached hydrogen (secondary N) is 1. The van der Waals surface area contributed by atoms with Crippen LogP contribution in [0.25, 0.3) is 0 Å². The number of rotatable bonds is 8. The second-order valence-electron chi connectivity index (χ2n) is 6.47. The van der Waals surface area contributed by atoms with Gasteiger partial charge in [0.25, 0.3) is 0 Å². The van der Waals surface area contributed by atoms with Crippen LogP contribution < -0.4 is 5.32 Å². The van der Waals surface area contributed by atoms with Crippen molar-refractivity contribution in [2.75, 3.05) is 6.54 Å². The van der Waals surface area contributed by atoms with E-state index in [9.17, 15) is 14.4 Å². The minimum Gasteiger partial charge on any atom is -0.354 e. The summed E-state index contributed by atoms with van der Waals surface area (Å²) in [5.74, 6) is 0.0718. The molecule has 0 aromatic carbocycles. The number of nitrogens with zero attached hydrogens (tertiary/aromatic N) is 1. The summed E-state index contributed by atoms with van der Waals surface area (Å²) in [6.45, 7) is 8.33. The van der Waals surface area contributed by atoms with Crippen LogP contribution in [0, 0.1) is 11.8 Å². The van der Waals surface area contributed by atoms with Crippen molar-refractivity contribution in [1.82, 2.24) is 10.2 Å². The summed E-state index contributed by atoms with van der Waals surface area (Å²) in [7, 11) is 0. The van der Waals surface area contributed by atoms with Crippen molar-refractivity contribution in [3.8, 4) is 0 Å². The molecule has 1 aliphatic rings. The van der Waals surface area contributed by atoms with E-state index in [4.69, 9.17) is 0 Å². The Morgan fingerprint density at radius 2 is 1.86 bits per heavy atom. The van der Waals surface area contributed by atoms with Crippen LogP contribution in [-0.4, -0.2) is 35.2 Å². The maximum atomic E-state index is 12.1. The van der Waals surface area contributed by atoms with Crippen molar-refractivity contribution < 1.29 is 14.4 Å². The predicted molar refractivity (Wildman–Crippen MR) is 81.4 cm³/mol. The third-order valence-electron chi connectivity index (χ3n) is 3.82. The molecule has 21 heavy (non-hydrogen) atoms. The lowest BCUT2D eigenvalue weighted by Crippen LogP contribution is -2.32. The number of likely N-dealkylation sites (tertiary alicyclic amines) is 1. The number of amides is 3. The fourth-order valence-corrected chi connectivity index (χ4v) is 2.59. The fraction of sp³-hybridized carbons (Fsp3) is 0.812. The van der Waals surface area contributed by atoms with Crippen molar-refractivity contribution in [1.29, 1.82) is 0 Å². The number of carbonyl (C=O) groups is 3. The molecule has 5 nitrogen and oxygen atoms in total. The standard InChI is InChI=1S/C16H28N2O3/c1-11(2)13-10-15(20)18(16(13)21)9-7-5-6-8-14(19)17-12(3)4/h11-13H,5-10H2,1-4H3,(H,17,19). The first kappa shape index (κ1) is 17.7. The van der Waals surface area contributed by atoms with Gasteiger partial charge in [-0.3, -0.25) is 19.3 Å². The Hall–Kier alpha value is -1.39. The maximum Gasteiger partial charge on any atom is 0.233 e. The van der Waals surface area contributed by atoms with E-state index < -0.39 is 0 Å². The van der Waals surface area contributed by atoms with Gasteiger partial charge in [0.1, 0.15) is 0 Å². The minimum atomic E-state index is -0.144. The third kappa shape index (κ3) is 5.48. The Bertz CT molecular complexity index is 391. The van der Waals surface area contributed by atoms with E-state index in [-0.39, 0.29) is 35.6 Å². The Morgan fingerprint density at radius 1 is 1.19 bits per heavy atom. The molecule has 1 N–H and O–H groups in total. The monoisotopic (exact) mass is 296 g/mol. The van der Waals surface area contributed by atoms with Gasteiger partial charge in [-0.25, -0.2) is 0 Å². The van der Waals surface area contributed by atoms with Gasteiger partial charge >= 0.3 is 0 Å². The number of carbonyl (C=O) groups excluding carboxylic acids is 3. The lowest BCUT2D eigenvalue weighted by molar-refractivity contribution is -0.139. The molecule has 0 spiro atoms. The zero-order valence-corrected chi connectivity index (χ0v) is 13.6. The van der Waals surface area contributed by atoms with E-state index in [0.29, 0.717) is 19.4 Å². The van der Waals surface area contributed by atoms with Crippen LogP contribution in [0.4, 0.5) is 0 Å². The topological polar surface area (TPSA) is 66.5 Å². The summed E-state index contributed by atoms with van der Waals surface area (Å²) in [6.07, 6.45) is 3.29. The molecule has 0 bridgehead atoms. The molecule has 0 aliphatic carbocycles. The van der Waals surface area contributed by atoms with Gasteiger partial charge in [0, 0.05) is 31.3 Å². The molecule has 0 aromatic heterocycles. The number of hydrogen-bond acceptors (Lipinski definition) is 3. The fourth-order valence-electron chi connectivity index (χ4n) is 2.59. The van der Waals surface area contributed by atoms with E-state index >= 15 is 0 Å². The van der Waals surface area contributed by atoms with E-state index in [1.165, 1.54) is 4.90 Å². The normalized spacial score (nSPS) is 19.0. The van der Waals surface area contributed by atoms with E-state index in [1.807, 2.05) is 27.7 Å². The second kappa shape index (κ2) is 8.15. The van der Waals surface area contributed by atoms with Gasteiger partial charge in [0.15, 0.2) is 0 Å². The first-order valence-corrected chi connectivity index (χ1v) is 7.96. The molecule has 3 amide bonds. The largest absolute Gasteiger partial charge is 0.354 e. The van der Waals surface area contributed by atoms with Crippen LogP contribution in [0.2, 0.25) is 0 Å². The molecule has 1 saturated heterocycles. The Morgan fingerprint density at radius 3 is 2.38 bits per heavy atom. The molecular formula is C16H28N2O3. The minimum absolute atomic E-state index is 0.0208. The summed E-state index contributed by atoms with van der Waals surface area (Å²) in [5.41, 5.74) is 0. The zero-order chi connectivity index (χ0) is 16.0. The van der Waals surface area contributed by atoms with Crippen molar-refractivity contribution >= 4 is 17.7 Å². The summed E-state index contributed by atoms with van der Waals surface area (Å²) < 4.78 is 0. The van der Waals surface area contributed by atoms with Gasteiger partial charge in [-0.15, -0.1) is 0 Å². The highest BCUT2D eigenvalue weighted by atomic mass is 16.2. The highest BCUT2D eigenvalue weighted by molar-refractivity contribution is 6.03. The average molecular weight is 296 g/mol. The van der Waals surface area contributed by atoms with Crippen LogP contribution in [-0.2, 0) is 14.4 Å². The van der Waals surface area contributed by atoms with Crippen molar-refractivity contribution in [2.45, 2.75) is 65.8 Å². The van der Waals surface area contributed by atoms with Gasteiger partial charge in [-0.05, 0) is 32.6 Å². The first-order chi connectivity index (χ1) is 9.82. The number of unbranched alkanes of at least 4 members (excludes halogenated alkanes) is 2. The number of imide groups is 1. The Labute approximate surface area is 127 Å². The number of hydrogen-bond donors (Lipinski definition) is 1. The summed E-state index contributed by atoms with van der Waals surface area (Å²) >= 11 is 0. The van der Waals surface area contributed by atoms with Crippen LogP contribution in [0.5, 0.6) is 0 Å². The van der Waals surface area contributed by atoms with E-state index in [2.05, 4.69) is 5.32 Å². The molecular weight excluding hydrogens is 268 g/mol. The molecule has 0 aromatic rings. The molecule has 5 heteroatoms. The molecule has 1 aliphatic heterocycles. The molecule has 1 fully saturated rings. The van der Waals surface area contributed by atoms with Gasteiger partial charge in [-0.2, -0.15) is 0 Å². The first-order valence-electron chi connectivity index (χ1n) is 7.96. The third-order valence-corrected chi connectivity index (χ3v) is 3.82. The van der Waals surface area contributed by atoms with Crippen LogP contribution >= 0.6 is 0 Å². The lowest BCUT2D eigenvalue weighted by Gasteiger charge is -2.16. The van der Waals surface area contributed by atoms with Crippen molar-refractivity contribution in [2.24, 2.45) is 11.8 Å². The maximum absolute atomic E-state index is 12.1. The van der Waals surface area contributed by atoms with Gasteiger partial charge in [0.2, 0.25) is 17.7 Å². The summed E-state index contributed by atoms with van der Waals surface area (Å²) in [5, 5.41) is 2.85. The molecule has 1 atom stereocenters. The molecule has 120 valence electrons. The van der Waals surface area contributed by atoms with Gasteiger partial charge in [0.05, 0.1) is 0 Å². The zero-order valence-electron chi connectivity index (χ0n) is 13.6. The Kier molecular flexibility index (Phi) is 6.85. The Balaban J connectivity index is 2.23. The van der Waals surface area contributed by atoms with Gasteiger partial charge in [-0.1, -0.05) is 20.3 Å². The predicted octanol–water partition coefficient (Wildman–Crippen LogP) is 2.10. The van der Waals surface area contributed by atoms with Crippen LogP contribution in [0.1, 0.15) is 59.8 Å². The SMILES string of the molecule is CC(C)NC(=O)CCCCCN1C(=O)CC(C(C)C)C1=O. The smallest absolute Gasteiger partial charge is 0.233 e. The summed E-state index contributed by atoms with van der Waals surface area (Å²) in [4.78, 5) is 36.8. The van der Waals surface area contributed by atoms with E-state index in [1.54, 1.807) is 0 Å². The molecule has 1 unspecified atom stereocenters. The molecule has 1 rings (SSSR count). The van der Waals surface area contributed by atoms with Crippen LogP contribution in [0.15, 0.2) is 0 Å². The lowest BCUT2D eigenvalue weighted by atomic mass is 9.94. The van der Waals surface area contributed by atoms with Gasteiger partial charge < -0.3 is 5.32 Å². The van der Waals surface area contributed by atoms with Crippen molar-refractivity contribution in [3.63, 3.8) is 0 Å². The van der Waals surface area contributed by atoms with Crippen molar-refractivity contribution in [3.05, 3.63) is 0 Å². The summed E-state index contributed by atoms with van der Waals surface area (Å²) in [6, 6.07) is 0.172. The van der Waals surface area contributed by atoms with Crippen LogP contribution in [0.3, 0.4) is 0 Å². The molecule has 0 radical (unpaired) electrons. The highest BCUT2D eigenvalue weighted by Crippen LogP contribution is 2.26.